The zero-order valence-corrected chi connectivity index (χ0v) is 18.5. The highest BCUT2D eigenvalue weighted by Gasteiger charge is 2.38. The highest BCUT2D eigenvalue weighted by atomic mass is 35.5. The molecular weight excluding hydrogens is 469 g/mol. The van der Waals surface area contributed by atoms with E-state index in [9.17, 15) is 13.2 Å². The van der Waals surface area contributed by atoms with E-state index in [1.165, 1.54) is 15.0 Å². The molecule has 0 aliphatic carbocycles. The van der Waals surface area contributed by atoms with Gasteiger partial charge in [-0.05, 0) is 6.07 Å². The van der Waals surface area contributed by atoms with Crippen LogP contribution in [0.15, 0.2) is 34.9 Å². The Balaban J connectivity index is 0.000000360. The summed E-state index contributed by atoms with van der Waals surface area (Å²) in [4.78, 5) is 15.0. The molecule has 3 aromatic rings. The van der Waals surface area contributed by atoms with E-state index in [0.29, 0.717) is 6.54 Å². The van der Waals surface area contributed by atoms with Gasteiger partial charge in [-0.25, -0.2) is 4.79 Å². The number of piperazine rings is 1. The second kappa shape index (κ2) is 10.6. The number of carbonyl (C=O) groups is 1. The largest absolute Gasteiger partial charge is 0.490 e. The van der Waals surface area contributed by atoms with Crippen LogP contribution in [0.25, 0.3) is 10.1 Å². The number of benzene rings is 1. The smallest absolute Gasteiger partial charge is 0.475 e. The Morgan fingerprint density at radius 1 is 1.19 bits per heavy atom. The van der Waals surface area contributed by atoms with Gasteiger partial charge in [0.15, 0.2) is 5.76 Å². The van der Waals surface area contributed by atoms with E-state index in [4.69, 9.17) is 31.8 Å². The monoisotopic (exact) mass is 490 g/mol. The first-order valence-electron chi connectivity index (χ1n) is 9.72. The van der Waals surface area contributed by atoms with E-state index in [2.05, 4.69) is 33.2 Å². The van der Waals surface area contributed by atoms with Crippen molar-refractivity contribution < 1.29 is 27.6 Å². The minimum absolute atomic E-state index is 0.400. The van der Waals surface area contributed by atoms with E-state index in [0.717, 1.165) is 55.7 Å². The van der Waals surface area contributed by atoms with Crippen LogP contribution in [0, 0.1) is 0 Å². The third-order valence-electron chi connectivity index (χ3n) is 4.87. The van der Waals surface area contributed by atoms with Crippen molar-refractivity contribution in [3.63, 3.8) is 0 Å². The maximum Gasteiger partial charge on any atom is 0.490 e. The van der Waals surface area contributed by atoms with Crippen molar-refractivity contribution in [2.75, 3.05) is 26.2 Å². The highest BCUT2D eigenvalue weighted by Crippen LogP contribution is 2.36. The molecule has 0 amide bonds. The molecule has 7 nitrogen and oxygen atoms in total. The van der Waals surface area contributed by atoms with Gasteiger partial charge < -0.3 is 15.4 Å². The van der Waals surface area contributed by atoms with Crippen molar-refractivity contribution >= 4 is 39.0 Å². The third-order valence-corrected chi connectivity index (χ3v) is 6.57. The number of carboxylic acid groups (broad SMARTS) is 1. The predicted octanol–water partition coefficient (Wildman–Crippen LogP) is 3.95. The van der Waals surface area contributed by atoms with Gasteiger partial charge in [-0.3, -0.25) is 9.80 Å². The lowest BCUT2D eigenvalue weighted by atomic mass is 10.2. The fourth-order valence-electron chi connectivity index (χ4n) is 3.23. The number of fused-ring (bicyclic) bond motifs is 1. The molecule has 4 rings (SSSR count). The summed E-state index contributed by atoms with van der Waals surface area (Å²) in [6, 6.07) is 10.3. The van der Waals surface area contributed by atoms with Crippen molar-refractivity contribution in [2.24, 2.45) is 5.73 Å². The Hall–Kier alpha value is -2.18. The quantitative estimate of drug-likeness (QED) is 0.559. The van der Waals surface area contributed by atoms with Crippen LogP contribution in [0.3, 0.4) is 0 Å². The molecule has 0 radical (unpaired) electrons. The van der Waals surface area contributed by atoms with Crippen LogP contribution in [-0.2, 0) is 24.4 Å². The van der Waals surface area contributed by atoms with E-state index < -0.39 is 12.1 Å². The van der Waals surface area contributed by atoms with E-state index in [1.807, 2.05) is 12.1 Å². The molecule has 12 heteroatoms. The maximum absolute atomic E-state index is 10.6. The SMILES string of the molecule is NCc1cc(CN2CCN(Cc3sc4ccccc4c3Cl)CC2)no1.O=C(O)C(F)(F)F. The molecule has 32 heavy (non-hydrogen) atoms. The van der Waals surface area contributed by atoms with Crippen molar-refractivity contribution in [2.45, 2.75) is 25.8 Å². The summed E-state index contributed by atoms with van der Waals surface area (Å²) in [5.74, 6) is -2.01. The Morgan fingerprint density at radius 2 is 1.78 bits per heavy atom. The van der Waals surface area contributed by atoms with Crippen LogP contribution in [0.4, 0.5) is 13.2 Å². The van der Waals surface area contributed by atoms with Gasteiger partial charge in [0.25, 0.3) is 0 Å². The molecule has 3 heterocycles. The Kier molecular flexibility index (Phi) is 8.12. The van der Waals surface area contributed by atoms with E-state index in [1.54, 1.807) is 11.3 Å². The van der Waals surface area contributed by atoms with Crippen LogP contribution in [0.5, 0.6) is 0 Å². The summed E-state index contributed by atoms with van der Waals surface area (Å²) >= 11 is 8.38. The van der Waals surface area contributed by atoms with Gasteiger partial charge in [0.05, 0.1) is 17.3 Å². The van der Waals surface area contributed by atoms with Gasteiger partial charge in [-0.15, -0.1) is 11.3 Å². The first-order valence-corrected chi connectivity index (χ1v) is 10.9. The summed E-state index contributed by atoms with van der Waals surface area (Å²) in [5.41, 5.74) is 6.52. The fourth-order valence-corrected chi connectivity index (χ4v) is 4.77. The van der Waals surface area contributed by atoms with Gasteiger partial charge in [-0.2, -0.15) is 13.2 Å². The average Bonchev–Trinajstić information content (AvgIpc) is 3.34. The molecule has 0 bridgehead atoms. The molecule has 1 saturated heterocycles. The summed E-state index contributed by atoms with van der Waals surface area (Å²) in [6.07, 6.45) is -5.08. The third kappa shape index (κ3) is 6.42. The molecule has 174 valence electrons. The second-order valence-corrected chi connectivity index (χ2v) is 8.69. The molecule has 0 atom stereocenters. The molecule has 1 aliphatic heterocycles. The minimum atomic E-state index is -5.08. The molecular formula is C20H22ClF3N4O3S. The minimum Gasteiger partial charge on any atom is -0.475 e. The molecule has 0 saturated carbocycles. The molecule has 1 aromatic carbocycles. The number of hydrogen-bond acceptors (Lipinski definition) is 7. The normalized spacial score (nSPS) is 15.5. The lowest BCUT2D eigenvalue weighted by molar-refractivity contribution is -0.192. The first kappa shape index (κ1) is 24.5. The molecule has 0 spiro atoms. The van der Waals surface area contributed by atoms with Crippen LogP contribution in [0.1, 0.15) is 16.3 Å². The zero-order valence-electron chi connectivity index (χ0n) is 16.9. The topological polar surface area (TPSA) is 95.8 Å². The second-order valence-electron chi connectivity index (χ2n) is 7.18. The summed E-state index contributed by atoms with van der Waals surface area (Å²) < 4.78 is 38.2. The van der Waals surface area contributed by atoms with Crippen LogP contribution < -0.4 is 5.73 Å². The molecule has 1 fully saturated rings. The molecule has 0 unspecified atom stereocenters. The standard InChI is InChI=1S/C18H21ClN4OS.C2HF3O2/c19-18-15-3-1-2-4-16(15)25-17(18)12-23-7-5-22(6-8-23)11-13-9-14(10-20)24-21-13;3-2(4,5)1(6)7/h1-4,9H,5-8,10-12,20H2;(H,6,7). The van der Waals surface area contributed by atoms with Gasteiger partial charge in [-0.1, -0.05) is 35.0 Å². The van der Waals surface area contributed by atoms with Crippen LogP contribution >= 0.6 is 22.9 Å². The summed E-state index contributed by atoms with van der Waals surface area (Å²) in [7, 11) is 0. The number of thiophene rings is 1. The predicted molar refractivity (Wildman–Crippen MR) is 115 cm³/mol. The van der Waals surface area contributed by atoms with Crippen molar-refractivity contribution in [1.29, 1.82) is 0 Å². The fraction of sp³-hybridized carbons (Fsp3) is 0.400. The number of rotatable bonds is 5. The number of carboxylic acids is 1. The van der Waals surface area contributed by atoms with Gasteiger partial charge in [0.2, 0.25) is 0 Å². The van der Waals surface area contributed by atoms with Crippen LogP contribution in [0.2, 0.25) is 5.02 Å². The number of alkyl halides is 3. The number of nitrogens with zero attached hydrogens (tertiary/aromatic N) is 3. The summed E-state index contributed by atoms with van der Waals surface area (Å²) in [6.45, 7) is 6.25. The van der Waals surface area contributed by atoms with Gasteiger partial charge in [0.1, 0.15) is 0 Å². The van der Waals surface area contributed by atoms with Crippen molar-refractivity contribution in [1.82, 2.24) is 15.0 Å². The highest BCUT2D eigenvalue weighted by molar-refractivity contribution is 7.19. The average molecular weight is 491 g/mol. The molecule has 2 aromatic heterocycles. The number of hydrogen-bond donors (Lipinski definition) is 2. The Labute approximate surface area is 191 Å². The van der Waals surface area contributed by atoms with Crippen LogP contribution in [-0.4, -0.2) is 58.4 Å². The number of aromatic nitrogens is 1. The first-order chi connectivity index (χ1) is 15.2. The Bertz CT molecular complexity index is 1050. The lowest BCUT2D eigenvalue weighted by Gasteiger charge is -2.34. The van der Waals surface area contributed by atoms with E-state index in [-0.39, 0.29) is 0 Å². The number of halogens is 4. The summed E-state index contributed by atoms with van der Waals surface area (Å²) in [5, 5.41) is 13.3. The van der Waals surface area contributed by atoms with Crippen molar-refractivity contribution in [3.8, 4) is 0 Å². The maximum atomic E-state index is 10.6. The number of aliphatic carboxylic acids is 1. The lowest BCUT2D eigenvalue weighted by Crippen LogP contribution is -2.45. The number of nitrogens with two attached hydrogens (primary N) is 1. The molecule has 3 N–H and O–H groups in total. The van der Waals surface area contributed by atoms with Gasteiger partial charge in [0, 0.05) is 60.3 Å². The zero-order chi connectivity index (χ0) is 23.3. The van der Waals surface area contributed by atoms with Gasteiger partial charge >= 0.3 is 12.1 Å². The Morgan fingerprint density at radius 3 is 2.31 bits per heavy atom. The van der Waals surface area contributed by atoms with Crippen molar-refractivity contribution in [3.05, 3.63) is 51.7 Å². The molecule has 1 aliphatic rings. The van der Waals surface area contributed by atoms with E-state index >= 15 is 0 Å².